The number of hydrogen-bond donors (Lipinski definition) is 1. The van der Waals surface area contributed by atoms with Crippen molar-refractivity contribution in [1.29, 1.82) is 0 Å². The highest BCUT2D eigenvalue weighted by molar-refractivity contribution is 7.99. The minimum Gasteiger partial charge on any atom is -0.481 e. The number of hydrogen-bond acceptors (Lipinski definition) is 3. The summed E-state index contributed by atoms with van der Waals surface area (Å²) in [5.74, 6) is 0.0835. The lowest BCUT2D eigenvalue weighted by molar-refractivity contribution is -0.133. The van der Waals surface area contributed by atoms with Gasteiger partial charge in [0.25, 0.3) is 0 Å². The number of aryl methyl sites for hydroxylation is 1. The number of aliphatic carboxylic acids is 1. The molecule has 0 saturated heterocycles. The number of rotatable bonds is 4. The highest BCUT2D eigenvalue weighted by atomic mass is 32.2. The maximum atomic E-state index is 10.2. The minimum absolute atomic E-state index is 0.147. The summed E-state index contributed by atoms with van der Waals surface area (Å²) in [7, 11) is 0. The van der Waals surface area contributed by atoms with E-state index in [0.29, 0.717) is 5.75 Å². The molecular formula is C9H11NO2S. The van der Waals surface area contributed by atoms with Crippen molar-refractivity contribution >= 4 is 17.7 Å². The predicted octanol–water partition coefficient (Wildman–Crippen LogP) is 1.71. The van der Waals surface area contributed by atoms with Gasteiger partial charge in [0, 0.05) is 18.1 Å². The van der Waals surface area contributed by atoms with Gasteiger partial charge in [-0.1, -0.05) is 6.07 Å². The van der Waals surface area contributed by atoms with Crippen LogP contribution in [0.15, 0.2) is 18.5 Å². The minimum atomic E-state index is -0.773. The molecule has 0 saturated carbocycles. The lowest BCUT2D eigenvalue weighted by atomic mass is 10.2. The summed E-state index contributed by atoms with van der Waals surface area (Å²) in [6.07, 6.45) is 3.55. The van der Waals surface area contributed by atoms with E-state index in [-0.39, 0.29) is 5.75 Å². The van der Waals surface area contributed by atoms with Crippen molar-refractivity contribution in [3.05, 3.63) is 29.6 Å². The van der Waals surface area contributed by atoms with Crippen molar-refractivity contribution in [1.82, 2.24) is 4.98 Å². The van der Waals surface area contributed by atoms with Crippen LogP contribution in [-0.2, 0) is 10.5 Å². The predicted molar refractivity (Wildman–Crippen MR) is 52.8 cm³/mol. The van der Waals surface area contributed by atoms with Gasteiger partial charge in [0.05, 0.1) is 5.75 Å². The first-order chi connectivity index (χ1) is 6.18. The number of carboxylic acid groups (broad SMARTS) is 1. The fourth-order valence-electron chi connectivity index (χ4n) is 0.953. The molecule has 0 aliphatic carbocycles. The fourth-order valence-corrected chi connectivity index (χ4v) is 1.62. The Morgan fingerprint density at radius 3 is 3.00 bits per heavy atom. The monoisotopic (exact) mass is 197 g/mol. The molecule has 13 heavy (non-hydrogen) atoms. The Morgan fingerprint density at radius 1 is 1.62 bits per heavy atom. The molecule has 0 aliphatic heterocycles. The number of aromatic nitrogens is 1. The molecule has 1 aromatic heterocycles. The number of thioether (sulfide) groups is 1. The molecule has 1 heterocycles. The van der Waals surface area contributed by atoms with Gasteiger partial charge in [0.15, 0.2) is 0 Å². The van der Waals surface area contributed by atoms with Crippen molar-refractivity contribution in [3.63, 3.8) is 0 Å². The summed E-state index contributed by atoms with van der Waals surface area (Å²) in [6, 6.07) is 2.02. The molecule has 0 atom stereocenters. The van der Waals surface area contributed by atoms with Gasteiger partial charge in [-0.25, -0.2) is 0 Å². The Balaban J connectivity index is 2.41. The highest BCUT2D eigenvalue weighted by Crippen LogP contribution is 2.11. The number of nitrogens with zero attached hydrogens (tertiary/aromatic N) is 1. The van der Waals surface area contributed by atoms with Crippen LogP contribution in [0.4, 0.5) is 0 Å². The van der Waals surface area contributed by atoms with Crippen LogP contribution >= 0.6 is 11.8 Å². The Morgan fingerprint density at radius 2 is 2.38 bits per heavy atom. The van der Waals surface area contributed by atoms with E-state index in [1.54, 1.807) is 12.4 Å². The van der Waals surface area contributed by atoms with Crippen molar-refractivity contribution in [2.75, 3.05) is 5.75 Å². The lowest BCUT2D eigenvalue weighted by Crippen LogP contribution is -1.98. The van der Waals surface area contributed by atoms with E-state index in [2.05, 4.69) is 4.98 Å². The standard InChI is InChI=1S/C9H11NO2S/c1-7-2-8(4-10-3-7)5-13-6-9(11)12/h2-4H,5-6H2,1H3,(H,11,12). The van der Waals surface area contributed by atoms with Crippen molar-refractivity contribution in [2.24, 2.45) is 0 Å². The topological polar surface area (TPSA) is 50.2 Å². The summed E-state index contributed by atoms with van der Waals surface area (Å²) in [6.45, 7) is 1.97. The molecule has 0 aliphatic rings. The van der Waals surface area contributed by atoms with Gasteiger partial charge in [-0.05, 0) is 18.1 Å². The zero-order chi connectivity index (χ0) is 9.68. The van der Waals surface area contributed by atoms with Crippen LogP contribution in [0.2, 0.25) is 0 Å². The summed E-state index contributed by atoms with van der Waals surface area (Å²) in [5.41, 5.74) is 2.18. The summed E-state index contributed by atoms with van der Waals surface area (Å²) >= 11 is 1.38. The van der Waals surface area contributed by atoms with Crippen molar-refractivity contribution < 1.29 is 9.90 Å². The zero-order valence-electron chi connectivity index (χ0n) is 7.36. The molecule has 0 unspecified atom stereocenters. The third-order valence-corrected chi connectivity index (χ3v) is 2.41. The maximum Gasteiger partial charge on any atom is 0.313 e. The van der Waals surface area contributed by atoms with Crippen LogP contribution < -0.4 is 0 Å². The van der Waals surface area contributed by atoms with E-state index in [0.717, 1.165) is 11.1 Å². The van der Waals surface area contributed by atoms with Crippen LogP contribution in [0.25, 0.3) is 0 Å². The molecule has 0 radical (unpaired) electrons. The van der Waals surface area contributed by atoms with E-state index in [4.69, 9.17) is 5.11 Å². The molecule has 3 nitrogen and oxygen atoms in total. The Hall–Kier alpha value is -1.03. The molecule has 0 amide bonds. The second-order valence-corrected chi connectivity index (χ2v) is 3.74. The molecule has 0 bridgehead atoms. The average Bonchev–Trinajstić information content (AvgIpc) is 2.03. The van der Waals surface area contributed by atoms with Gasteiger partial charge < -0.3 is 5.11 Å². The molecule has 70 valence electrons. The maximum absolute atomic E-state index is 10.2. The Kier molecular flexibility index (Phi) is 3.76. The van der Waals surface area contributed by atoms with Crippen LogP contribution in [0.3, 0.4) is 0 Å². The second-order valence-electron chi connectivity index (χ2n) is 2.76. The van der Waals surface area contributed by atoms with Gasteiger partial charge in [-0.3, -0.25) is 9.78 Å². The van der Waals surface area contributed by atoms with Crippen LogP contribution in [0, 0.1) is 6.92 Å². The SMILES string of the molecule is Cc1cncc(CSCC(=O)O)c1. The van der Waals surface area contributed by atoms with E-state index < -0.39 is 5.97 Å². The first-order valence-corrected chi connectivity index (χ1v) is 5.04. The lowest BCUT2D eigenvalue weighted by Gasteiger charge is -1.99. The second kappa shape index (κ2) is 4.87. The molecular weight excluding hydrogens is 186 g/mol. The zero-order valence-corrected chi connectivity index (χ0v) is 8.17. The summed E-state index contributed by atoms with van der Waals surface area (Å²) in [4.78, 5) is 14.2. The molecule has 1 rings (SSSR count). The van der Waals surface area contributed by atoms with E-state index in [1.807, 2.05) is 13.0 Å². The number of carbonyl (C=O) groups is 1. The van der Waals surface area contributed by atoms with Gasteiger partial charge in [-0.15, -0.1) is 11.8 Å². The van der Waals surface area contributed by atoms with Crippen molar-refractivity contribution in [2.45, 2.75) is 12.7 Å². The van der Waals surface area contributed by atoms with Crippen LogP contribution in [0.5, 0.6) is 0 Å². The molecule has 0 aromatic carbocycles. The normalized spacial score (nSPS) is 9.92. The smallest absolute Gasteiger partial charge is 0.313 e. The van der Waals surface area contributed by atoms with Crippen molar-refractivity contribution in [3.8, 4) is 0 Å². The summed E-state index contributed by atoms with van der Waals surface area (Å²) in [5, 5.41) is 8.41. The third kappa shape index (κ3) is 3.94. The molecule has 0 fully saturated rings. The van der Waals surface area contributed by atoms with Crippen LogP contribution in [-0.4, -0.2) is 21.8 Å². The first-order valence-electron chi connectivity index (χ1n) is 3.88. The number of pyridine rings is 1. The molecule has 1 aromatic rings. The van der Waals surface area contributed by atoms with Gasteiger partial charge in [0.2, 0.25) is 0 Å². The molecule has 1 N–H and O–H groups in total. The van der Waals surface area contributed by atoms with Gasteiger partial charge in [0.1, 0.15) is 0 Å². The Bertz CT molecular complexity index is 301. The molecule has 4 heteroatoms. The largest absolute Gasteiger partial charge is 0.481 e. The molecule has 0 spiro atoms. The van der Waals surface area contributed by atoms with Gasteiger partial charge >= 0.3 is 5.97 Å². The summed E-state index contributed by atoms with van der Waals surface area (Å²) < 4.78 is 0. The highest BCUT2D eigenvalue weighted by Gasteiger charge is 1.98. The number of carboxylic acids is 1. The van der Waals surface area contributed by atoms with E-state index in [9.17, 15) is 4.79 Å². The Labute approximate surface area is 81.2 Å². The van der Waals surface area contributed by atoms with E-state index >= 15 is 0 Å². The van der Waals surface area contributed by atoms with Crippen LogP contribution in [0.1, 0.15) is 11.1 Å². The van der Waals surface area contributed by atoms with Gasteiger partial charge in [-0.2, -0.15) is 0 Å². The van der Waals surface area contributed by atoms with E-state index in [1.165, 1.54) is 11.8 Å². The quantitative estimate of drug-likeness (QED) is 0.798. The average molecular weight is 197 g/mol. The first kappa shape index (κ1) is 10.1. The fraction of sp³-hybridized carbons (Fsp3) is 0.333. The third-order valence-electron chi connectivity index (χ3n) is 1.43.